The monoisotopic (exact) mass is 694 g/mol. The van der Waals surface area contributed by atoms with Crippen LogP contribution in [0.15, 0.2) is 71.6 Å². The number of ether oxygens (including phenoxy) is 5. The Labute approximate surface area is 290 Å². The Morgan fingerprint density at radius 2 is 1.65 bits per heavy atom. The van der Waals surface area contributed by atoms with Gasteiger partial charge in [0.05, 0.1) is 49.2 Å². The number of methoxy groups -OCH3 is 2. The number of rotatable bonds is 16. The zero-order valence-corrected chi connectivity index (χ0v) is 29.6. The van der Waals surface area contributed by atoms with Gasteiger partial charge in [-0.25, -0.2) is 8.42 Å². The number of piperidine rings is 1. The number of aryl methyl sites for hydroxylation is 1. The molecule has 0 spiro atoms. The molecule has 1 N–H and O–H groups in total. The van der Waals surface area contributed by atoms with Crippen molar-refractivity contribution in [3.63, 3.8) is 0 Å². The summed E-state index contributed by atoms with van der Waals surface area (Å²) in [5, 5.41) is 11.6. The minimum atomic E-state index is -3.85. The first-order valence-electron chi connectivity index (χ1n) is 17.3. The second kappa shape index (κ2) is 16.3. The van der Waals surface area contributed by atoms with Crippen molar-refractivity contribution < 1.29 is 37.2 Å². The number of benzene rings is 3. The quantitative estimate of drug-likeness (QED) is 0.213. The minimum Gasteiger partial charge on any atom is -0.490 e. The smallest absolute Gasteiger partial charge is 0.243 e. The second-order valence-corrected chi connectivity index (χ2v) is 15.5. The molecular weight excluding hydrogens is 644 g/mol. The van der Waals surface area contributed by atoms with Crippen LogP contribution in [0.5, 0.6) is 5.75 Å². The largest absolute Gasteiger partial charge is 0.490 e. The van der Waals surface area contributed by atoms with Gasteiger partial charge >= 0.3 is 0 Å². The van der Waals surface area contributed by atoms with Crippen LogP contribution in [0.4, 0.5) is 5.69 Å². The predicted molar refractivity (Wildman–Crippen MR) is 187 cm³/mol. The molecule has 3 aromatic rings. The number of hydrogen-bond acceptors (Lipinski definition) is 9. The fourth-order valence-electron chi connectivity index (χ4n) is 6.95. The number of fused-ring (bicyclic) bond motifs is 1. The molecule has 0 bridgehead atoms. The normalized spacial score (nSPS) is 24.0. The molecule has 0 amide bonds. The van der Waals surface area contributed by atoms with E-state index < -0.39 is 28.1 Å². The van der Waals surface area contributed by atoms with E-state index in [0.29, 0.717) is 31.7 Å². The summed E-state index contributed by atoms with van der Waals surface area (Å²) in [6.07, 6.45) is 0.491. The number of anilines is 1. The first kappa shape index (κ1) is 35.8. The van der Waals surface area contributed by atoms with Crippen molar-refractivity contribution in [1.29, 1.82) is 0 Å². The molecule has 49 heavy (non-hydrogen) atoms. The number of nitrogens with zero attached hydrogens (tertiary/aromatic N) is 2. The van der Waals surface area contributed by atoms with Gasteiger partial charge in [-0.1, -0.05) is 48.0 Å². The molecule has 1 saturated heterocycles. The van der Waals surface area contributed by atoms with Crippen LogP contribution in [-0.4, -0.2) is 96.9 Å². The molecule has 1 unspecified atom stereocenters. The lowest BCUT2D eigenvalue weighted by atomic mass is 9.85. The molecule has 2 aliphatic heterocycles. The summed E-state index contributed by atoms with van der Waals surface area (Å²) in [7, 11) is -0.408. The Hall–Kier alpha value is -3.03. The van der Waals surface area contributed by atoms with Crippen LogP contribution in [-0.2, 0) is 42.2 Å². The van der Waals surface area contributed by atoms with Gasteiger partial charge in [0.2, 0.25) is 10.0 Å². The third-order valence-electron chi connectivity index (χ3n) is 9.89. The van der Waals surface area contributed by atoms with E-state index in [0.717, 1.165) is 72.8 Å². The Kier molecular flexibility index (Phi) is 11.9. The van der Waals surface area contributed by atoms with E-state index in [1.807, 2.05) is 43.3 Å². The van der Waals surface area contributed by atoms with Gasteiger partial charge < -0.3 is 33.7 Å². The van der Waals surface area contributed by atoms with Crippen LogP contribution in [0.1, 0.15) is 41.0 Å². The summed E-state index contributed by atoms with van der Waals surface area (Å²) in [6, 6.07) is 20.9. The van der Waals surface area contributed by atoms with E-state index >= 15 is 0 Å². The Morgan fingerprint density at radius 1 is 0.898 bits per heavy atom. The first-order valence-corrected chi connectivity index (χ1v) is 18.7. The molecule has 1 aliphatic carbocycles. The Balaban J connectivity index is 1.18. The molecule has 6 rings (SSSR count). The molecule has 2 heterocycles. The number of hydrogen-bond donors (Lipinski definition) is 1. The molecule has 0 radical (unpaired) electrons. The Bertz CT molecular complexity index is 1620. The molecule has 2 fully saturated rings. The highest BCUT2D eigenvalue weighted by molar-refractivity contribution is 7.89. The molecule has 3 aromatic carbocycles. The molecule has 11 heteroatoms. The highest BCUT2D eigenvalue weighted by Crippen LogP contribution is 2.39. The maximum absolute atomic E-state index is 13.8. The van der Waals surface area contributed by atoms with Crippen molar-refractivity contribution in [2.75, 3.05) is 71.7 Å². The maximum Gasteiger partial charge on any atom is 0.243 e. The molecule has 266 valence electrons. The van der Waals surface area contributed by atoms with E-state index in [-0.39, 0.29) is 24.6 Å². The van der Waals surface area contributed by atoms with E-state index in [9.17, 15) is 13.5 Å². The van der Waals surface area contributed by atoms with Crippen molar-refractivity contribution in [2.24, 2.45) is 11.8 Å². The fourth-order valence-corrected chi connectivity index (χ4v) is 8.42. The highest BCUT2D eigenvalue weighted by atomic mass is 32.2. The van der Waals surface area contributed by atoms with Crippen molar-refractivity contribution in [2.45, 2.75) is 56.0 Å². The van der Waals surface area contributed by atoms with Gasteiger partial charge in [0.15, 0.2) is 0 Å². The van der Waals surface area contributed by atoms with Gasteiger partial charge in [0.1, 0.15) is 12.4 Å². The molecule has 3 aliphatic rings. The van der Waals surface area contributed by atoms with E-state index in [4.69, 9.17) is 23.7 Å². The van der Waals surface area contributed by atoms with Crippen LogP contribution < -0.4 is 9.64 Å². The molecule has 1 saturated carbocycles. The highest BCUT2D eigenvalue weighted by Gasteiger charge is 2.42. The third-order valence-corrected chi connectivity index (χ3v) is 11.7. The maximum atomic E-state index is 13.8. The third kappa shape index (κ3) is 8.83. The SMILES string of the molecule is COCCCN1CCOc2ccc(CO[C@H]3CN(S(=O)(=O)c4ccc(C)cc4)C[C@@H](O)[C@@H]3c3ccc(COCC4C[C@@H]4COC)cc3)cc21. The number of aliphatic hydroxyl groups excluding tert-OH is 1. The first-order chi connectivity index (χ1) is 23.8. The van der Waals surface area contributed by atoms with Gasteiger partial charge in [-0.3, -0.25) is 0 Å². The van der Waals surface area contributed by atoms with E-state index in [1.165, 1.54) is 4.31 Å². The summed E-state index contributed by atoms with van der Waals surface area (Å²) in [5.74, 6) is 1.58. The lowest BCUT2D eigenvalue weighted by Crippen LogP contribution is -2.53. The summed E-state index contributed by atoms with van der Waals surface area (Å²) >= 11 is 0. The zero-order chi connectivity index (χ0) is 34.4. The standard InChI is InChI=1S/C38H50N2O8S/c1-27-5-12-33(13-6-27)49(42,43)40-21-35(41)38(30-10-7-28(8-11-30)23-46-26-32-20-31(32)25-45-3)37(22-40)48-24-29-9-14-36-34(19-29)39(16-18-47-36)15-4-17-44-2/h5-14,19,31-32,35,37-38,41H,4,15-18,20-26H2,1-3H3/t31-,32?,35-,37+,38+/m1/s1. The topological polar surface area (TPSA) is 107 Å². The van der Waals surface area contributed by atoms with Gasteiger partial charge in [-0.05, 0) is 72.6 Å². The van der Waals surface area contributed by atoms with Crippen LogP contribution in [0.2, 0.25) is 0 Å². The molecule has 10 nitrogen and oxygen atoms in total. The van der Waals surface area contributed by atoms with Gasteiger partial charge in [0, 0.05) is 53.0 Å². The van der Waals surface area contributed by atoms with Crippen LogP contribution in [0, 0.1) is 18.8 Å². The molecule has 0 aromatic heterocycles. The van der Waals surface area contributed by atoms with Crippen molar-refractivity contribution >= 4 is 15.7 Å². The number of aliphatic hydroxyl groups is 1. The average molecular weight is 695 g/mol. The van der Waals surface area contributed by atoms with Crippen LogP contribution >= 0.6 is 0 Å². The van der Waals surface area contributed by atoms with Gasteiger partial charge in [-0.15, -0.1) is 0 Å². The van der Waals surface area contributed by atoms with E-state index in [2.05, 4.69) is 11.0 Å². The van der Waals surface area contributed by atoms with Crippen molar-refractivity contribution in [3.05, 3.63) is 89.0 Å². The summed E-state index contributed by atoms with van der Waals surface area (Å²) in [4.78, 5) is 2.51. The summed E-state index contributed by atoms with van der Waals surface area (Å²) < 4.78 is 57.9. The number of β-amino-alcohol motifs (C(OH)–C–C–N with tert-alkyl or cyclic N) is 1. The number of sulfonamides is 1. The van der Waals surface area contributed by atoms with Crippen LogP contribution in [0.3, 0.4) is 0 Å². The Morgan fingerprint density at radius 3 is 2.41 bits per heavy atom. The van der Waals surface area contributed by atoms with E-state index in [1.54, 1.807) is 38.5 Å². The zero-order valence-electron chi connectivity index (χ0n) is 28.8. The molecular formula is C38H50N2O8S. The van der Waals surface area contributed by atoms with Crippen LogP contribution in [0.25, 0.3) is 0 Å². The summed E-state index contributed by atoms with van der Waals surface area (Å²) in [6.45, 7) is 7.24. The lowest BCUT2D eigenvalue weighted by molar-refractivity contribution is -0.0534. The van der Waals surface area contributed by atoms with Gasteiger partial charge in [0.25, 0.3) is 0 Å². The molecule has 5 atom stereocenters. The van der Waals surface area contributed by atoms with Crippen molar-refractivity contribution in [1.82, 2.24) is 4.31 Å². The summed E-state index contributed by atoms with van der Waals surface area (Å²) in [5.41, 5.74) is 4.89. The second-order valence-electron chi connectivity index (χ2n) is 13.5. The minimum absolute atomic E-state index is 0.0255. The average Bonchev–Trinajstić information content (AvgIpc) is 3.85. The fraction of sp³-hybridized carbons (Fsp3) is 0.526. The van der Waals surface area contributed by atoms with Crippen molar-refractivity contribution in [3.8, 4) is 5.75 Å². The predicted octanol–water partition coefficient (Wildman–Crippen LogP) is 4.76. The lowest BCUT2D eigenvalue weighted by Gasteiger charge is -2.41. The van der Waals surface area contributed by atoms with Gasteiger partial charge in [-0.2, -0.15) is 4.31 Å².